The zero-order chi connectivity index (χ0) is 15.3. The Morgan fingerprint density at radius 1 is 1.45 bits per heavy atom. The fourth-order valence-electron chi connectivity index (χ4n) is 1.11. The molecule has 20 heavy (non-hydrogen) atoms. The fraction of sp³-hybridized carbons (Fsp3) is 0.455. The normalized spacial score (nSPS) is 11.9. The lowest BCUT2D eigenvalue weighted by atomic mass is 10.2. The summed E-state index contributed by atoms with van der Waals surface area (Å²) in [4.78, 5) is 30.6. The number of hydrogen-bond acceptors (Lipinski definition) is 8. The molecule has 0 unspecified atom stereocenters. The van der Waals surface area contributed by atoms with E-state index in [0.29, 0.717) is 0 Å². The van der Waals surface area contributed by atoms with Crippen LogP contribution in [-0.2, 0) is 14.4 Å². The monoisotopic (exact) mass is 300 g/mol. The van der Waals surface area contributed by atoms with E-state index in [1.165, 1.54) is 12.5 Å². The van der Waals surface area contributed by atoms with Crippen molar-refractivity contribution in [3.63, 3.8) is 0 Å². The second-order valence-corrected chi connectivity index (χ2v) is 5.43. The number of carboxylic acid groups (broad SMARTS) is 1. The molecule has 9 heteroatoms. The number of carbonyl (C=O) groups excluding carboxylic acids is 2. The van der Waals surface area contributed by atoms with Crippen LogP contribution in [0.4, 0.5) is 9.93 Å². The summed E-state index contributed by atoms with van der Waals surface area (Å²) in [6.07, 6.45) is -0.683. The average molecular weight is 300 g/mol. The molecule has 0 aliphatic heterocycles. The highest BCUT2D eigenvalue weighted by molar-refractivity contribution is 7.14. The largest absolute Gasteiger partial charge is 0.543 e. The van der Waals surface area contributed by atoms with E-state index < -0.39 is 23.4 Å². The predicted octanol–water partition coefficient (Wildman–Crippen LogP) is 0.591. The van der Waals surface area contributed by atoms with Gasteiger partial charge in [-0.3, -0.25) is 5.32 Å². The third-order valence-electron chi connectivity index (χ3n) is 1.73. The van der Waals surface area contributed by atoms with Crippen LogP contribution >= 0.6 is 11.3 Å². The maximum atomic E-state index is 11.5. The van der Waals surface area contributed by atoms with Crippen LogP contribution in [-0.4, -0.2) is 35.5 Å². The molecule has 0 atom stereocenters. The van der Waals surface area contributed by atoms with Crippen LogP contribution in [0.3, 0.4) is 0 Å². The Hall–Kier alpha value is -2.16. The van der Waals surface area contributed by atoms with Gasteiger partial charge >= 0.3 is 6.09 Å². The lowest BCUT2D eigenvalue weighted by Crippen LogP contribution is -2.32. The van der Waals surface area contributed by atoms with Crippen LogP contribution < -0.4 is 10.4 Å². The highest BCUT2D eigenvalue weighted by Crippen LogP contribution is 2.17. The van der Waals surface area contributed by atoms with Gasteiger partial charge in [0.1, 0.15) is 18.4 Å². The first-order chi connectivity index (χ1) is 9.23. The summed E-state index contributed by atoms with van der Waals surface area (Å²) >= 11 is 1.02. The van der Waals surface area contributed by atoms with E-state index in [2.05, 4.69) is 20.3 Å². The van der Waals surface area contributed by atoms with Gasteiger partial charge in [0.15, 0.2) is 10.8 Å². The number of ether oxygens (including phenoxy) is 1. The minimum Gasteiger partial charge on any atom is -0.543 e. The second kappa shape index (κ2) is 6.33. The lowest BCUT2D eigenvalue weighted by Gasteiger charge is -2.18. The van der Waals surface area contributed by atoms with Gasteiger partial charge in [0.25, 0.3) is 0 Å². The van der Waals surface area contributed by atoms with Crippen molar-refractivity contribution in [2.75, 3.05) is 12.4 Å². The molecular weight excluding hydrogens is 286 g/mol. The minimum atomic E-state index is -1.53. The van der Waals surface area contributed by atoms with Crippen molar-refractivity contribution in [3.8, 4) is 0 Å². The number of nitrogens with one attached hydrogen (secondary N) is 1. The Morgan fingerprint density at radius 3 is 2.60 bits per heavy atom. The molecule has 8 nitrogen and oxygen atoms in total. The Balaban J connectivity index is 2.80. The molecule has 0 aliphatic rings. The number of oxime groups is 1. The zero-order valence-corrected chi connectivity index (χ0v) is 12.2. The molecule has 1 N–H and O–H groups in total. The molecule has 0 saturated heterocycles. The highest BCUT2D eigenvalue weighted by atomic mass is 32.1. The number of rotatable bonds is 4. The number of aliphatic carboxylic acids is 1. The first-order valence-electron chi connectivity index (χ1n) is 5.51. The van der Waals surface area contributed by atoms with E-state index in [4.69, 9.17) is 4.74 Å². The van der Waals surface area contributed by atoms with Crippen LogP contribution in [0.15, 0.2) is 10.5 Å². The van der Waals surface area contributed by atoms with Crippen molar-refractivity contribution in [1.29, 1.82) is 0 Å². The molecule has 0 radical (unpaired) electrons. The van der Waals surface area contributed by atoms with E-state index in [1.807, 2.05) is 0 Å². The van der Waals surface area contributed by atoms with Gasteiger partial charge in [-0.05, 0) is 20.8 Å². The molecule has 0 spiro atoms. The van der Waals surface area contributed by atoms with Crippen molar-refractivity contribution < 1.29 is 24.3 Å². The van der Waals surface area contributed by atoms with E-state index in [1.54, 1.807) is 20.8 Å². The summed E-state index contributed by atoms with van der Waals surface area (Å²) < 4.78 is 5.04. The van der Waals surface area contributed by atoms with E-state index in [-0.39, 0.29) is 10.8 Å². The maximum Gasteiger partial charge on any atom is 0.413 e. The molecule has 1 heterocycles. The topological polar surface area (TPSA) is 113 Å². The van der Waals surface area contributed by atoms with Gasteiger partial charge in [-0.15, -0.1) is 11.3 Å². The SMILES string of the molecule is CO/N=C(\C(=O)[O-])c1csc(NC(=O)OC(C)(C)C)n1. The summed E-state index contributed by atoms with van der Waals surface area (Å²) in [5.41, 5.74) is -1.07. The Labute approximate surface area is 119 Å². The number of nitrogens with zero attached hydrogens (tertiary/aromatic N) is 2. The van der Waals surface area contributed by atoms with Crippen molar-refractivity contribution >= 4 is 34.2 Å². The smallest absolute Gasteiger partial charge is 0.413 e. The number of carboxylic acids is 1. The number of aromatic nitrogens is 1. The molecule has 1 amide bonds. The van der Waals surface area contributed by atoms with Crippen LogP contribution in [0.5, 0.6) is 0 Å². The first kappa shape index (κ1) is 15.9. The molecular formula is C11H14N3O5S-. The number of carbonyl (C=O) groups is 2. The maximum absolute atomic E-state index is 11.5. The number of anilines is 1. The zero-order valence-electron chi connectivity index (χ0n) is 11.4. The molecule has 0 bridgehead atoms. The van der Waals surface area contributed by atoms with Gasteiger partial charge < -0.3 is 19.5 Å². The summed E-state index contributed by atoms with van der Waals surface area (Å²) in [6, 6.07) is 0. The molecule has 0 aliphatic carbocycles. The quantitative estimate of drug-likeness (QED) is 0.643. The molecule has 1 rings (SSSR count). The number of hydrogen-bond donors (Lipinski definition) is 1. The first-order valence-corrected chi connectivity index (χ1v) is 6.39. The summed E-state index contributed by atoms with van der Waals surface area (Å²) in [6.45, 7) is 5.16. The van der Waals surface area contributed by atoms with Crippen LogP contribution in [0.25, 0.3) is 0 Å². The van der Waals surface area contributed by atoms with Gasteiger partial charge in [0.2, 0.25) is 0 Å². The Kier molecular flexibility index (Phi) is 5.03. The molecule has 0 aromatic carbocycles. The Morgan fingerprint density at radius 2 is 2.10 bits per heavy atom. The van der Waals surface area contributed by atoms with E-state index >= 15 is 0 Å². The molecule has 1 aromatic heterocycles. The molecule has 0 fully saturated rings. The van der Waals surface area contributed by atoms with Gasteiger partial charge in [0.05, 0.1) is 5.97 Å². The third kappa shape index (κ3) is 4.84. The van der Waals surface area contributed by atoms with Crippen LogP contribution in [0, 0.1) is 0 Å². The lowest BCUT2D eigenvalue weighted by molar-refractivity contribution is -0.294. The summed E-state index contributed by atoms with van der Waals surface area (Å²) in [5, 5.41) is 18.1. The van der Waals surface area contributed by atoms with Crippen molar-refractivity contribution in [1.82, 2.24) is 4.98 Å². The average Bonchev–Trinajstić information content (AvgIpc) is 2.70. The molecule has 1 aromatic rings. The van der Waals surface area contributed by atoms with Gasteiger partial charge in [-0.25, -0.2) is 9.78 Å². The molecule has 110 valence electrons. The van der Waals surface area contributed by atoms with Crippen LogP contribution in [0.1, 0.15) is 26.5 Å². The number of thiazole rings is 1. The van der Waals surface area contributed by atoms with E-state index in [9.17, 15) is 14.7 Å². The highest BCUT2D eigenvalue weighted by Gasteiger charge is 2.18. The summed E-state index contributed by atoms with van der Waals surface area (Å²) in [5.74, 6) is -1.53. The van der Waals surface area contributed by atoms with Crippen LogP contribution in [0.2, 0.25) is 0 Å². The van der Waals surface area contributed by atoms with Crippen molar-refractivity contribution in [3.05, 3.63) is 11.1 Å². The summed E-state index contributed by atoms with van der Waals surface area (Å²) in [7, 11) is 1.20. The van der Waals surface area contributed by atoms with Gasteiger partial charge in [-0.2, -0.15) is 0 Å². The fourth-order valence-corrected chi connectivity index (χ4v) is 1.79. The minimum absolute atomic E-state index is 0.0305. The molecule has 0 saturated carbocycles. The van der Waals surface area contributed by atoms with Gasteiger partial charge in [-0.1, -0.05) is 5.16 Å². The second-order valence-electron chi connectivity index (χ2n) is 4.57. The number of amides is 1. The van der Waals surface area contributed by atoms with E-state index in [0.717, 1.165) is 11.3 Å². The third-order valence-corrected chi connectivity index (χ3v) is 2.49. The van der Waals surface area contributed by atoms with Crippen molar-refractivity contribution in [2.45, 2.75) is 26.4 Å². The predicted molar refractivity (Wildman–Crippen MR) is 70.5 cm³/mol. The van der Waals surface area contributed by atoms with Gasteiger partial charge in [0, 0.05) is 5.38 Å². The standard InChI is InChI=1S/C11H15N3O5S/c1-11(2,3)19-10(17)13-9-12-6(5-20-9)7(8(15)16)14-18-4/h5H,1-4H3,(H,15,16)(H,12,13,17)/p-1/b14-7-. The Bertz CT molecular complexity index is 532. The van der Waals surface area contributed by atoms with Crippen molar-refractivity contribution in [2.24, 2.45) is 5.16 Å².